The molecule has 1 aliphatic rings. The normalized spacial score (nSPS) is 13.4. The summed E-state index contributed by atoms with van der Waals surface area (Å²) in [5, 5.41) is 12.4. The number of aromatic nitrogens is 6. The lowest BCUT2D eigenvalue weighted by Gasteiger charge is -2.14. The molecule has 12 nitrogen and oxygen atoms in total. The Hall–Kier alpha value is -5.56. The molecule has 0 radical (unpaired) electrons. The van der Waals surface area contributed by atoms with E-state index in [0.29, 0.717) is 30.2 Å². The Labute approximate surface area is 275 Å². The topological polar surface area (TPSA) is 132 Å². The van der Waals surface area contributed by atoms with Gasteiger partial charge in [-0.2, -0.15) is 5.10 Å². The SMILES string of the molecule is Cn1ccc2cc(-n3nc(C(C)(C)C)cc3NC(=O)Nc3cnc(Oc4ccc(-c5cnc(N6CCCC6=O)s5)cc4)nc3)ccc21. The summed E-state index contributed by atoms with van der Waals surface area (Å²) in [5.74, 6) is 1.21. The van der Waals surface area contributed by atoms with Crippen LogP contribution in [0.1, 0.15) is 39.3 Å². The molecule has 0 atom stereocenters. The molecule has 238 valence electrons. The second-order valence-corrected chi connectivity index (χ2v) is 13.4. The summed E-state index contributed by atoms with van der Waals surface area (Å²) >= 11 is 1.49. The van der Waals surface area contributed by atoms with Crippen molar-refractivity contribution in [1.29, 1.82) is 0 Å². The molecule has 5 heterocycles. The summed E-state index contributed by atoms with van der Waals surface area (Å²) in [7, 11) is 2.01. The van der Waals surface area contributed by atoms with Crippen molar-refractivity contribution in [2.24, 2.45) is 7.05 Å². The molecule has 47 heavy (non-hydrogen) atoms. The molecule has 1 saturated heterocycles. The van der Waals surface area contributed by atoms with Crippen LogP contribution in [0.2, 0.25) is 0 Å². The van der Waals surface area contributed by atoms with E-state index < -0.39 is 6.03 Å². The van der Waals surface area contributed by atoms with E-state index in [0.717, 1.165) is 44.3 Å². The van der Waals surface area contributed by atoms with Crippen LogP contribution >= 0.6 is 11.3 Å². The summed E-state index contributed by atoms with van der Waals surface area (Å²) in [5.41, 5.74) is 3.93. The minimum atomic E-state index is -0.458. The summed E-state index contributed by atoms with van der Waals surface area (Å²) < 4.78 is 9.63. The predicted octanol–water partition coefficient (Wildman–Crippen LogP) is 7.14. The molecule has 4 aromatic heterocycles. The van der Waals surface area contributed by atoms with E-state index >= 15 is 0 Å². The van der Waals surface area contributed by atoms with E-state index in [-0.39, 0.29) is 17.3 Å². The van der Waals surface area contributed by atoms with Gasteiger partial charge < -0.3 is 14.6 Å². The van der Waals surface area contributed by atoms with Crippen LogP contribution in [0.4, 0.5) is 21.4 Å². The molecule has 0 aliphatic carbocycles. The summed E-state index contributed by atoms with van der Waals surface area (Å²) in [6.45, 7) is 6.95. The molecule has 0 spiro atoms. The van der Waals surface area contributed by atoms with Crippen LogP contribution in [0.15, 0.2) is 79.4 Å². The molecular weight excluding hydrogens is 615 g/mol. The maximum atomic E-state index is 13.1. The Kier molecular flexibility index (Phi) is 7.68. The first-order valence-corrected chi connectivity index (χ1v) is 16.0. The van der Waals surface area contributed by atoms with Gasteiger partial charge in [0.25, 0.3) is 0 Å². The van der Waals surface area contributed by atoms with E-state index in [9.17, 15) is 9.59 Å². The molecule has 2 N–H and O–H groups in total. The lowest BCUT2D eigenvalue weighted by Crippen LogP contribution is -2.23. The number of hydrogen-bond acceptors (Lipinski definition) is 8. The third-order valence-electron chi connectivity index (χ3n) is 7.86. The van der Waals surface area contributed by atoms with Crippen LogP contribution in [0.25, 0.3) is 27.0 Å². The molecule has 6 aromatic rings. The highest BCUT2D eigenvalue weighted by atomic mass is 32.1. The Bertz CT molecular complexity index is 2090. The van der Waals surface area contributed by atoms with Crippen molar-refractivity contribution in [3.8, 4) is 27.9 Å². The number of nitrogens with one attached hydrogen (secondary N) is 2. The number of carbonyl (C=O) groups is 2. The first kappa shape index (κ1) is 30.1. The second kappa shape index (κ2) is 12.0. The summed E-state index contributed by atoms with van der Waals surface area (Å²) in [6.07, 6.45) is 8.20. The van der Waals surface area contributed by atoms with Gasteiger partial charge in [0.1, 0.15) is 11.6 Å². The molecule has 13 heteroatoms. The van der Waals surface area contributed by atoms with Gasteiger partial charge in [0, 0.05) is 54.8 Å². The van der Waals surface area contributed by atoms with Crippen LogP contribution in [0.5, 0.6) is 11.8 Å². The van der Waals surface area contributed by atoms with E-state index in [1.807, 2.05) is 67.8 Å². The molecule has 3 amide bonds. The molecule has 1 fully saturated rings. The third kappa shape index (κ3) is 6.29. The number of rotatable bonds is 7. The number of anilines is 3. The highest BCUT2D eigenvalue weighted by molar-refractivity contribution is 7.19. The zero-order valence-electron chi connectivity index (χ0n) is 26.4. The van der Waals surface area contributed by atoms with Crippen LogP contribution in [-0.2, 0) is 17.3 Å². The zero-order chi connectivity index (χ0) is 32.7. The van der Waals surface area contributed by atoms with E-state index in [2.05, 4.69) is 50.9 Å². The Morgan fingerprint density at radius 1 is 0.957 bits per heavy atom. The third-order valence-corrected chi connectivity index (χ3v) is 8.93. The Balaban J connectivity index is 1.00. The average Bonchev–Trinajstić information content (AvgIpc) is 3.86. The minimum absolute atomic E-state index is 0.121. The van der Waals surface area contributed by atoms with Gasteiger partial charge in [-0.25, -0.2) is 24.4 Å². The standard InChI is InChI=1S/C34H33N9O3S/c1-34(2,3)28-17-29(43(40-28)24-9-12-26-22(16-24)13-15-41(26)4)39-31(45)38-23-18-35-32(36-19-23)46-25-10-7-21(8-11-25)27-20-37-33(47-27)42-14-5-6-30(42)44/h7-13,15-20H,5-6,14H2,1-4H3,(H2,38,39,45). The fourth-order valence-electron chi connectivity index (χ4n) is 5.31. The number of nitrogens with zero attached hydrogens (tertiary/aromatic N) is 7. The van der Waals surface area contributed by atoms with E-state index in [1.165, 1.54) is 23.7 Å². The lowest BCUT2D eigenvalue weighted by molar-refractivity contribution is -0.117. The van der Waals surface area contributed by atoms with E-state index in [4.69, 9.17) is 9.84 Å². The van der Waals surface area contributed by atoms with Gasteiger partial charge in [-0.3, -0.25) is 15.0 Å². The maximum Gasteiger partial charge on any atom is 0.324 e. The van der Waals surface area contributed by atoms with Gasteiger partial charge in [0.2, 0.25) is 5.91 Å². The predicted molar refractivity (Wildman–Crippen MR) is 183 cm³/mol. The number of thiazole rings is 1. The van der Waals surface area contributed by atoms with Crippen molar-refractivity contribution >= 4 is 50.8 Å². The zero-order valence-corrected chi connectivity index (χ0v) is 27.2. The van der Waals surface area contributed by atoms with Gasteiger partial charge in [0.15, 0.2) is 5.13 Å². The van der Waals surface area contributed by atoms with Crippen molar-refractivity contribution in [2.75, 3.05) is 22.1 Å². The number of carbonyl (C=O) groups excluding carboxylic acids is 2. The fraction of sp³-hybridized carbons (Fsp3) is 0.235. The quantitative estimate of drug-likeness (QED) is 0.188. The van der Waals surface area contributed by atoms with Crippen molar-refractivity contribution in [2.45, 2.75) is 39.0 Å². The van der Waals surface area contributed by atoms with Gasteiger partial charge >= 0.3 is 12.0 Å². The van der Waals surface area contributed by atoms with Gasteiger partial charge in [-0.05, 0) is 60.5 Å². The van der Waals surface area contributed by atoms with Gasteiger partial charge in [-0.15, -0.1) is 0 Å². The number of aryl methyl sites for hydroxylation is 1. The summed E-state index contributed by atoms with van der Waals surface area (Å²) in [6, 6.07) is 17.2. The van der Waals surface area contributed by atoms with E-state index in [1.54, 1.807) is 15.8 Å². The fourth-order valence-corrected chi connectivity index (χ4v) is 6.28. The maximum absolute atomic E-state index is 13.1. The first-order chi connectivity index (χ1) is 22.6. The highest BCUT2D eigenvalue weighted by Crippen LogP contribution is 2.34. The van der Waals surface area contributed by atoms with Crippen LogP contribution in [-0.4, -0.2) is 47.8 Å². The first-order valence-electron chi connectivity index (χ1n) is 15.2. The monoisotopic (exact) mass is 647 g/mol. The molecule has 0 unspecified atom stereocenters. The Morgan fingerprint density at radius 3 is 2.47 bits per heavy atom. The molecular formula is C34H33N9O3S. The van der Waals surface area contributed by atoms with Crippen molar-refractivity contribution in [3.63, 3.8) is 0 Å². The number of ether oxygens (including phenoxy) is 1. The number of amides is 3. The van der Waals surface area contributed by atoms with Gasteiger partial charge in [0.05, 0.1) is 34.3 Å². The molecule has 0 bridgehead atoms. The highest BCUT2D eigenvalue weighted by Gasteiger charge is 2.25. The van der Waals surface area contributed by atoms with Crippen molar-refractivity contribution in [3.05, 3.63) is 85.1 Å². The largest absolute Gasteiger partial charge is 0.424 e. The van der Waals surface area contributed by atoms with Crippen LogP contribution < -0.4 is 20.3 Å². The summed E-state index contributed by atoms with van der Waals surface area (Å²) in [4.78, 5) is 40.8. The number of hydrogen-bond donors (Lipinski definition) is 2. The van der Waals surface area contributed by atoms with Crippen molar-refractivity contribution in [1.82, 2.24) is 29.3 Å². The molecule has 0 saturated carbocycles. The molecule has 7 rings (SSSR count). The molecule has 2 aromatic carbocycles. The van der Waals surface area contributed by atoms with Gasteiger partial charge in [-0.1, -0.05) is 32.1 Å². The smallest absolute Gasteiger partial charge is 0.324 e. The van der Waals surface area contributed by atoms with Crippen LogP contribution in [0.3, 0.4) is 0 Å². The lowest BCUT2D eigenvalue weighted by atomic mass is 9.92. The number of benzene rings is 2. The number of fused-ring (bicyclic) bond motifs is 1. The number of urea groups is 1. The molecule has 1 aliphatic heterocycles. The van der Waals surface area contributed by atoms with Crippen molar-refractivity contribution < 1.29 is 14.3 Å². The minimum Gasteiger partial charge on any atom is -0.424 e. The Morgan fingerprint density at radius 2 is 1.74 bits per heavy atom. The average molecular weight is 648 g/mol. The van der Waals surface area contributed by atoms with Crippen LogP contribution in [0, 0.1) is 0 Å². The second-order valence-electron chi connectivity index (χ2n) is 12.4.